The molecule has 0 spiro atoms. The van der Waals surface area contributed by atoms with E-state index in [-0.39, 0.29) is 6.04 Å². The van der Waals surface area contributed by atoms with Gasteiger partial charge in [0, 0.05) is 46.0 Å². The summed E-state index contributed by atoms with van der Waals surface area (Å²) in [6, 6.07) is 0.0546. The smallest absolute Gasteiger partial charge is 0.115 e. The highest BCUT2D eigenvalue weighted by atomic mass is 32.2. The molecule has 15 heavy (non-hydrogen) atoms. The molecule has 0 aromatic carbocycles. The summed E-state index contributed by atoms with van der Waals surface area (Å²) in [5.74, 6) is 2.43. The van der Waals surface area contributed by atoms with E-state index in [9.17, 15) is 0 Å². The molecular weight excluding hydrogens is 226 g/mol. The van der Waals surface area contributed by atoms with Gasteiger partial charge in [0.25, 0.3) is 0 Å². The Bertz CT molecular complexity index is 307. The van der Waals surface area contributed by atoms with Crippen LogP contribution in [-0.2, 0) is 0 Å². The SMILES string of the molecule is CC1SCCSC1C(N)c1cncnc1. The van der Waals surface area contributed by atoms with Gasteiger partial charge in [-0.25, -0.2) is 9.97 Å². The number of hydrogen-bond acceptors (Lipinski definition) is 5. The van der Waals surface area contributed by atoms with Crippen molar-refractivity contribution < 1.29 is 0 Å². The lowest BCUT2D eigenvalue weighted by Gasteiger charge is -2.32. The van der Waals surface area contributed by atoms with E-state index in [0.29, 0.717) is 10.5 Å². The molecule has 0 radical (unpaired) electrons. The molecule has 3 atom stereocenters. The summed E-state index contributed by atoms with van der Waals surface area (Å²) in [6.45, 7) is 2.26. The van der Waals surface area contributed by atoms with Gasteiger partial charge in [0.15, 0.2) is 0 Å². The first kappa shape index (κ1) is 11.2. The Balaban J connectivity index is 2.09. The number of nitrogens with two attached hydrogens (primary N) is 1. The fraction of sp³-hybridized carbons (Fsp3) is 0.600. The molecule has 1 aromatic rings. The summed E-state index contributed by atoms with van der Waals surface area (Å²) >= 11 is 3.98. The number of thioether (sulfide) groups is 2. The Morgan fingerprint density at radius 1 is 1.33 bits per heavy atom. The molecule has 0 saturated carbocycles. The quantitative estimate of drug-likeness (QED) is 0.854. The summed E-state index contributed by atoms with van der Waals surface area (Å²) in [4.78, 5) is 8.04. The van der Waals surface area contributed by atoms with Crippen molar-refractivity contribution >= 4 is 23.5 Å². The third kappa shape index (κ3) is 2.65. The highest BCUT2D eigenvalue weighted by Crippen LogP contribution is 2.37. The van der Waals surface area contributed by atoms with Crippen LogP contribution in [0.15, 0.2) is 18.7 Å². The monoisotopic (exact) mass is 241 g/mol. The Morgan fingerprint density at radius 3 is 2.67 bits per heavy atom. The second-order valence-electron chi connectivity index (χ2n) is 3.61. The van der Waals surface area contributed by atoms with Crippen LogP contribution in [0.25, 0.3) is 0 Å². The molecule has 3 nitrogen and oxygen atoms in total. The van der Waals surface area contributed by atoms with Gasteiger partial charge in [-0.05, 0) is 0 Å². The highest BCUT2D eigenvalue weighted by Gasteiger charge is 2.29. The minimum atomic E-state index is 0.0546. The first-order chi connectivity index (χ1) is 7.29. The van der Waals surface area contributed by atoms with Crippen LogP contribution in [0, 0.1) is 0 Å². The van der Waals surface area contributed by atoms with E-state index in [4.69, 9.17) is 5.73 Å². The van der Waals surface area contributed by atoms with Crippen molar-refractivity contribution in [2.45, 2.75) is 23.5 Å². The summed E-state index contributed by atoms with van der Waals surface area (Å²) in [7, 11) is 0. The van der Waals surface area contributed by atoms with Crippen LogP contribution < -0.4 is 5.73 Å². The zero-order valence-electron chi connectivity index (χ0n) is 8.67. The van der Waals surface area contributed by atoms with Crippen LogP contribution in [0.3, 0.4) is 0 Å². The Hall–Kier alpha value is -0.260. The molecule has 2 N–H and O–H groups in total. The second-order valence-corrected chi connectivity index (χ2v) is 6.38. The van der Waals surface area contributed by atoms with Crippen molar-refractivity contribution in [3.05, 3.63) is 24.3 Å². The van der Waals surface area contributed by atoms with Gasteiger partial charge in [-0.3, -0.25) is 0 Å². The lowest BCUT2D eigenvalue weighted by atomic mass is 10.1. The maximum atomic E-state index is 6.25. The topological polar surface area (TPSA) is 51.8 Å². The Morgan fingerprint density at radius 2 is 2.00 bits per heavy atom. The summed E-state index contributed by atoms with van der Waals surface area (Å²) in [5.41, 5.74) is 7.29. The highest BCUT2D eigenvalue weighted by molar-refractivity contribution is 8.07. The molecular formula is C10H15N3S2. The van der Waals surface area contributed by atoms with Gasteiger partial charge in [-0.1, -0.05) is 6.92 Å². The normalized spacial score (nSPS) is 28.7. The molecule has 1 saturated heterocycles. The average molecular weight is 241 g/mol. The van der Waals surface area contributed by atoms with Crippen LogP contribution in [0.1, 0.15) is 18.5 Å². The van der Waals surface area contributed by atoms with E-state index in [1.165, 1.54) is 11.5 Å². The van der Waals surface area contributed by atoms with E-state index in [0.717, 1.165) is 5.56 Å². The third-order valence-corrected chi connectivity index (χ3v) is 5.77. The van der Waals surface area contributed by atoms with Gasteiger partial charge in [0.05, 0.1) is 0 Å². The lowest BCUT2D eigenvalue weighted by molar-refractivity contribution is 0.658. The molecule has 0 bridgehead atoms. The van der Waals surface area contributed by atoms with Crippen LogP contribution in [-0.4, -0.2) is 32.0 Å². The van der Waals surface area contributed by atoms with E-state index in [1.54, 1.807) is 6.33 Å². The van der Waals surface area contributed by atoms with Crippen molar-refractivity contribution in [1.82, 2.24) is 9.97 Å². The second kappa shape index (κ2) is 5.18. The summed E-state index contributed by atoms with van der Waals surface area (Å²) in [5, 5.41) is 1.09. The maximum Gasteiger partial charge on any atom is 0.115 e. The fourth-order valence-electron chi connectivity index (χ4n) is 1.72. The molecule has 1 aliphatic heterocycles. The van der Waals surface area contributed by atoms with Crippen molar-refractivity contribution in [3.63, 3.8) is 0 Å². The fourth-order valence-corrected chi connectivity index (χ4v) is 4.60. The van der Waals surface area contributed by atoms with Gasteiger partial charge >= 0.3 is 0 Å². The van der Waals surface area contributed by atoms with E-state index in [1.807, 2.05) is 35.9 Å². The largest absolute Gasteiger partial charge is 0.323 e. The molecule has 2 rings (SSSR count). The van der Waals surface area contributed by atoms with Crippen LogP contribution in [0.5, 0.6) is 0 Å². The average Bonchev–Trinajstić information content (AvgIpc) is 2.30. The number of aromatic nitrogens is 2. The molecule has 1 fully saturated rings. The van der Waals surface area contributed by atoms with Crippen LogP contribution in [0.2, 0.25) is 0 Å². The minimum Gasteiger partial charge on any atom is -0.323 e. The van der Waals surface area contributed by atoms with Crippen LogP contribution >= 0.6 is 23.5 Å². The number of nitrogens with zero attached hydrogens (tertiary/aromatic N) is 2. The molecule has 2 heterocycles. The Kier molecular flexibility index (Phi) is 3.88. The van der Waals surface area contributed by atoms with Crippen molar-refractivity contribution in [3.8, 4) is 0 Å². The van der Waals surface area contributed by atoms with Crippen molar-refractivity contribution in [2.24, 2.45) is 5.73 Å². The van der Waals surface area contributed by atoms with Gasteiger partial charge in [-0.15, -0.1) is 0 Å². The Labute approximate surface area is 98.6 Å². The molecule has 0 amide bonds. The summed E-state index contributed by atoms with van der Waals surface area (Å²) in [6.07, 6.45) is 5.19. The first-order valence-electron chi connectivity index (χ1n) is 5.02. The van der Waals surface area contributed by atoms with Crippen molar-refractivity contribution in [2.75, 3.05) is 11.5 Å². The van der Waals surface area contributed by atoms with Gasteiger partial charge in [0.2, 0.25) is 0 Å². The standard InChI is InChI=1S/C10H15N3S2/c1-7-10(15-3-2-14-7)9(11)8-4-12-6-13-5-8/h4-7,9-10H,2-3,11H2,1H3. The van der Waals surface area contributed by atoms with Crippen molar-refractivity contribution in [1.29, 1.82) is 0 Å². The van der Waals surface area contributed by atoms with E-state index >= 15 is 0 Å². The van der Waals surface area contributed by atoms with E-state index in [2.05, 4.69) is 16.9 Å². The zero-order chi connectivity index (χ0) is 10.7. The predicted octanol–water partition coefficient (Wildman–Crippen LogP) is 1.71. The van der Waals surface area contributed by atoms with Crippen LogP contribution in [0.4, 0.5) is 0 Å². The zero-order valence-corrected chi connectivity index (χ0v) is 10.3. The molecule has 3 unspecified atom stereocenters. The van der Waals surface area contributed by atoms with Gasteiger partial charge in [0.1, 0.15) is 6.33 Å². The third-order valence-electron chi connectivity index (χ3n) is 2.56. The molecule has 5 heteroatoms. The first-order valence-corrected chi connectivity index (χ1v) is 7.12. The maximum absolute atomic E-state index is 6.25. The van der Waals surface area contributed by atoms with E-state index < -0.39 is 0 Å². The minimum absolute atomic E-state index is 0.0546. The molecule has 1 aliphatic rings. The molecule has 1 aromatic heterocycles. The summed E-state index contributed by atoms with van der Waals surface area (Å²) < 4.78 is 0. The lowest BCUT2D eigenvalue weighted by Crippen LogP contribution is -2.34. The van der Waals surface area contributed by atoms with Gasteiger partial charge in [-0.2, -0.15) is 23.5 Å². The predicted molar refractivity (Wildman–Crippen MR) is 67.1 cm³/mol. The number of rotatable bonds is 2. The molecule has 0 aliphatic carbocycles. The van der Waals surface area contributed by atoms with Gasteiger partial charge < -0.3 is 5.73 Å². The molecule has 82 valence electrons. The number of hydrogen-bond donors (Lipinski definition) is 1.